The van der Waals surface area contributed by atoms with E-state index >= 15 is 0 Å². The Kier molecular flexibility index (Phi) is 3.30. The van der Waals surface area contributed by atoms with E-state index in [4.69, 9.17) is 4.42 Å². The minimum absolute atomic E-state index is 0.294. The van der Waals surface area contributed by atoms with E-state index in [2.05, 4.69) is 15.5 Å². The minimum atomic E-state index is -0.598. The van der Waals surface area contributed by atoms with E-state index in [1.807, 2.05) is 30.3 Å². The average molecular weight is 282 g/mol. The largest absolute Gasteiger partial charge is 0.433 e. The molecule has 0 aliphatic heterocycles. The van der Waals surface area contributed by atoms with E-state index in [1.54, 1.807) is 6.20 Å². The van der Waals surface area contributed by atoms with Crippen LogP contribution >= 0.6 is 0 Å². The highest BCUT2D eigenvalue weighted by Gasteiger charge is 2.10. The summed E-state index contributed by atoms with van der Waals surface area (Å²) in [5.74, 6) is -0.0225. The van der Waals surface area contributed by atoms with Gasteiger partial charge in [-0.1, -0.05) is 18.2 Å². The van der Waals surface area contributed by atoms with Gasteiger partial charge in [0.1, 0.15) is 4.92 Å². The van der Waals surface area contributed by atoms with Crippen molar-refractivity contribution < 1.29 is 9.34 Å². The molecular weight excluding hydrogens is 272 g/mol. The van der Waals surface area contributed by atoms with Crippen molar-refractivity contribution in [3.63, 3.8) is 0 Å². The van der Waals surface area contributed by atoms with Gasteiger partial charge in [-0.05, 0) is 18.2 Å². The number of nitrogens with zero attached hydrogens (tertiary/aromatic N) is 3. The van der Waals surface area contributed by atoms with E-state index in [1.165, 1.54) is 18.3 Å². The molecule has 0 fully saturated rings. The van der Waals surface area contributed by atoms with E-state index in [0.29, 0.717) is 5.76 Å². The molecule has 0 saturated heterocycles. The molecule has 0 unspecified atom stereocenters. The fourth-order valence-corrected chi connectivity index (χ4v) is 1.87. The molecule has 0 bridgehead atoms. The average Bonchev–Trinajstić information content (AvgIpc) is 2.97. The molecule has 0 spiro atoms. The molecule has 0 atom stereocenters. The van der Waals surface area contributed by atoms with Crippen LogP contribution in [0, 0.1) is 10.1 Å². The number of fused-ring (bicyclic) bond motifs is 1. The molecule has 7 heteroatoms. The maximum absolute atomic E-state index is 10.5. The Labute approximate surface area is 119 Å². The summed E-state index contributed by atoms with van der Waals surface area (Å²) in [6, 6.07) is 12.2. The summed E-state index contributed by atoms with van der Waals surface area (Å²) in [7, 11) is 0. The molecule has 2 heterocycles. The van der Waals surface area contributed by atoms with Crippen LogP contribution in [-0.2, 0) is 0 Å². The van der Waals surface area contributed by atoms with Gasteiger partial charge in [0.05, 0.1) is 23.5 Å². The molecule has 1 N–H and O–H groups in total. The fourth-order valence-electron chi connectivity index (χ4n) is 1.87. The van der Waals surface area contributed by atoms with Crippen LogP contribution in [0.5, 0.6) is 0 Å². The van der Waals surface area contributed by atoms with Crippen LogP contribution in [0.3, 0.4) is 0 Å². The topological polar surface area (TPSA) is 93.6 Å². The van der Waals surface area contributed by atoms with Crippen molar-refractivity contribution in [3.8, 4) is 0 Å². The number of pyridine rings is 1. The van der Waals surface area contributed by atoms with Crippen molar-refractivity contribution in [2.24, 2.45) is 5.10 Å². The lowest BCUT2D eigenvalue weighted by atomic mass is 10.2. The third-order valence-corrected chi connectivity index (χ3v) is 2.80. The van der Waals surface area contributed by atoms with Crippen molar-refractivity contribution in [1.29, 1.82) is 0 Å². The molecule has 2 aromatic heterocycles. The standard InChI is InChI=1S/C14H10N4O3/c19-18(20)13-7-6-11(21-13)9-16-17-12-5-1-3-10-4-2-8-15-14(10)12/h1-9,17H. The summed E-state index contributed by atoms with van der Waals surface area (Å²) in [5.41, 5.74) is 4.39. The lowest BCUT2D eigenvalue weighted by molar-refractivity contribution is -0.402. The molecular formula is C14H10N4O3. The second-order valence-corrected chi connectivity index (χ2v) is 4.18. The van der Waals surface area contributed by atoms with Crippen LogP contribution in [0.25, 0.3) is 10.9 Å². The zero-order valence-electron chi connectivity index (χ0n) is 10.8. The van der Waals surface area contributed by atoms with Crippen molar-refractivity contribution >= 4 is 28.7 Å². The molecule has 0 aliphatic rings. The molecule has 1 aromatic carbocycles. The van der Waals surface area contributed by atoms with Gasteiger partial charge in [-0.3, -0.25) is 20.5 Å². The number of para-hydroxylation sites is 1. The highest BCUT2D eigenvalue weighted by molar-refractivity contribution is 5.90. The number of benzene rings is 1. The fraction of sp³-hybridized carbons (Fsp3) is 0. The first kappa shape index (κ1) is 12.8. The summed E-state index contributed by atoms with van der Waals surface area (Å²) in [5, 5.41) is 15.5. The number of nitrogens with one attached hydrogen (secondary N) is 1. The predicted octanol–water partition coefficient (Wildman–Crippen LogP) is 3.18. The van der Waals surface area contributed by atoms with Gasteiger partial charge in [0.15, 0.2) is 5.76 Å². The molecule has 3 aromatic rings. The third kappa shape index (κ3) is 2.71. The Bertz CT molecular complexity index is 820. The normalized spacial score (nSPS) is 11.0. The Balaban J connectivity index is 1.79. The first-order valence-electron chi connectivity index (χ1n) is 6.11. The van der Waals surface area contributed by atoms with Crippen LogP contribution in [0.1, 0.15) is 5.76 Å². The van der Waals surface area contributed by atoms with Crippen molar-refractivity contribution in [1.82, 2.24) is 4.98 Å². The zero-order valence-corrected chi connectivity index (χ0v) is 10.8. The van der Waals surface area contributed by atoms with E-state index in [9.17, 15) is 10.1 Å². The van der Waals surface area contributed by atoms with Crippen LogP contribution in [0.4, 0.5) is 11.6 Å². The number of aromatic nitrogens is 1. The van der Waals surface area contributed by atoms with Gasteiger partial charge in [-0.25, -0.2) is 0 Å². The molecule has 21 heavy (non-hydrogen) atoms. The highest BCUT2D eigenvalue weighted by atomic mass is 16.6. The van der Waals surface area contributed by atoms with E-state index in [0.717, 1.165) is 16.6 Å². The molecule has 3 rings (SSSR count). The number of rotatable bonds is 4. The number of hydrazone groups is 1. The summed E-state index contributed by atoms with van der Waals surface area (Å²) >= 11 is 0. The van der Waals surface area contributed by atoms with Crippen LogP contribution in [0.2, 0.25) is 0 Å². The lowest BCUT2D eigenvalue weighted by Gasteiger charge is -2.03. The molecule has 0 saturated carbocycles. The zero-order chi connectivity index (χ0) is 14.7. The van der Waals surface area contributed by atoms with Gasteiger partial charge in [-0.2, -0.15) is 5.10 Å². The minimum Gasteiger partial charge on any atom is -0.400 e. The van der Waals surface area contributed by atoms with Crippen molar-refractivity contribution in [3.05, 3.63) is 64.5 Å². The second kappa shape index (κ2) is 5.41. The smallest absolute Gasteiger partial charge is 0.400 e. The number of hydrogen-bond acceptors (Lipinski definition) is 6. The van der Waals surface area contributed by atoms with Gasteiger partial charge in [0.2, 0.25) is 0 Å². The summed E-state index contributed by atoms with van der Waals surface area (Å²) < 4.78 is 4.97. The highest BCUT2D eigenvalue weighted by Crippen LogP contribution is 2.20. The maximum atomic E-state index is 10.5. The molecule has 0 amide bonds. The maximum Gasteiger partial charge on any atom is 0.433 e. The van der Waals surface area contributed by atoms with E-state index in [-0.39, 0.29) is 5.88 Å². The molecule has 0 aliphatic carbocycles. The van der Waals surface area contributed by atoms with Crippen molar-refractivity contribution in [2.75, 3.05) is 5.43 Å². The number of nitro groups is 1. The van der Waals surface area contributed by atoms with Gasteiger partial charge in [0.25, 0.3) is 0 Å². The van der Waals surface area contributed by atoms with Gasteiger partial charge in [-0.15, -0.1) is 0 Å². The quantitative estimate of drug-likeness (QED) is 0.450. The predicted molar refractivity (Wildman–Crippen MR) is 78.3 cm³/mol. The molecule has 104 valence electrons. The number of hydrogen-bond donors (Lipinski definition) is 1. The third-order valence-electron chi connectivity index (χ3n) is 2.80. The van der Waals surface area contributed by atoms with Crippen molar-refractivity contribution in [2.45, 2.75) is 0 Å². The first-order chi connectivity index (χ1) is 10.2. The number of anilines is 1. The lowest BCUT2D eigenvalue weighted by Crippen LogP contribution is -1.92. The van der Waals surface area contributed by atoms with Crippen LogP contribution in [0.15, 0.2) is 58.2 Å². The van der Waals surface area contributed by atoms with Crippen LogP contribution in [-0.4, -0.2) is 16.1 Å². The van der Waals surface area contributed by atoms with E-state index < -0.39 is 4.92 Å². The Morgan fingerprint density at radius 2 is 2.10 bits per heavy atom. The molecule has 0 radical (unpaired) electrons. The molecule has 7 nitrogen and oxygen atoms in total. The number of furan rings is 1. The van der Waals surface area contributed by atoms with Gasteiger partial charge < -0.3 is 4.42 Å². The van der Waals surface area contributed by atoms with Gasteiger partial charge >= 0.3 is 5.88 Å². The summed E-state index contributed by atoms with van der Waals surface area (Å²) in [6.45, 7) is 0. The summed E-state index contributed by atoms with van der Waals surface area (Å²) in [6.07, 6.45) is 3.07. The van der Waals surface area contributed by atoms with Crippen LogP contribution < -0.4 is 5.43 Å². The first-order valence-corrected chi connectivity index (χ1v) is 6.11. The van der Waals surface area contributed by atoms with Gasteiger partial charge in [0, 0.05) is 11.6 Å². The Hall–Kier alpha value is -3.22. The Morgan fingerprint density at radius 1 is 1.24 bits per heavy atom. The summed E-state index contributed by atoms with van der Waals surface area (Å²) in [4.78, 5) is 14.2. The SMILES string of the molecule is O=[N+]([O-])c1ccc(C=NNc2cccc3cccnc23)o1. The monoisotopic (exact) mass is 282 g/mol. The Morgan fingerprint density at radius 3 is 2.90 bits per heavy atom. The second-order valence-electron chi connectivity index (χ2n) is 4.18.